The third-order valence-corrected chi connectivity index (χ3v) is 2.47. The average Bonchev–Trinajstić information content (AvgIpc) is 2.59. The number of rotatable bonds is 2. The lowest BCUT2D eigenvalue weighted by Crippen LogP contribution is -1.86. The maximum Gasteiger partial charge on any atom is 0.280 e. The number of furan rings is 1. The molecule has 0 aliphatic carbocycles. The van der Waals surface area contributed by atoms with Crippen molar-refractivity contribution in [1.29, 1.82) is 0 Å². The van der Waals surface area contributed by atoms with Gasteiger partial charge in [-0.3, -0.25) is 10.1 Å². The summed E-state index contributed by atoms with van der Waals surface area (Å²) in [5.41, 5.74) is 0.632. The first kappa shape index (κ1) is 9.21. The van der Waals surface area contributed by atoms with Crippen LogP contribution in [0.2, 0.25) is 0 Å². The summed E-state index contributed by atoms with van der Waals surface area (Å²) in [5, 5.41) is 11.8. The van der Waals surface area contributed by atoms with Gasteiger partial charge in [-0.1, -0.05) is 22.0 Å². The molecular formula is C9H6BrNO3. The molecule has 2 aromatic rings. The standard InChI is InChI=1S/C9H6BrNO3/c10-5-6-4-7-8(11(12)13)2-1-3-9(7)14-6/h1-4H,5H2. The highest BCUT2D eigenvalue weighted by atomic mass is 79.9. The molecule has 0 aliphatic rings. The lowest BCUT2D eigenvalue weighted by Gasteiger charge is -1.90. The minimum Gasteiger partial charge on any atom is -0.460 e. The molecule has 0 saturated heterocycles. The maximum atomic E-state index is 10.7. The molecule has 1 aromatic carbocycles. The number of alkyl halides is 1. The van der Waals surface area contributed by atoms with Gasteiger partial charge in [0, 0.05) is 6.07 Å². The van der Waals surface area contributed by atoms with E-state index in [1.165, 1.54) is 6.07 Å². The second kappa shape index (κ2) is 3.42. The summed E-state index contributed by atoms with van der Waals surface area (Å²) in [5.74, 6) is 0.689. The van der Waals surface area contributed by atoms with Gasteiger partial charge >= 0.3 is 0 Å². The number of benzene rings is 1. The molecule has 5 heteroatoms. The smallest absolute Gasteiger partial charge is 0.280 e. The van der Waals surface area contributed by atoms with Crippen molar-refractivity contribution in [2.75, 3.05) is 0 Å². The number of hydrogen-bond acceptors (Lipinski definition) is 3. The second-order valence-electron chi connectivity index (χ2n) is 2.79. The summed E-state index contributed by atoms with van der Waals surface area (Å²) in [4.78, 5) is 10.3. The van der Waals surface area contributed by atoms with Crippen LogP contribution in [-0.4, -0.2) is 4.92 Å². The highest BCUT2D eigenvalue weighted by molar-refractivity contribution is 9.08. The van der Waals surface area contributed by atoms with Crippen molar-refractivity contribution in [3.63, 3.8) is 0 Å². The molecule has 2 rings (SSSR count). The third-order valence-electron chi connectivity index (χ3n) is 1.92. The zero-order valence-corrected chi connectivity index (χ0v) is 8.65. The molecule has 1 heterocycles. The molecule has 0 amide bonds. The molecular weight excluding hydrogens is 250 g/mol. The van der Waals surface area contributed by atoms with Gasteiger partial charge in [-0.2, -0.15) is 0 Å². The van der Waals surface area contributed by atoms with E-state index in [1.807, 2.05) is 0 Å². The number of halogens is 1. The van der Waals surface area contributed by atoms with Crippen molar-refractivity contribution in [3.8, 4) is 0 Å². The van der Waals surface area contributed by atoms with Gasteiger partial charge < -0.3 is 4.42 Å². The summed E-state index contributed by atoms with van der Waals surface area (Å²) >= 11 is 3.23. The van der Waals surface area contributed by atoms with Crippen LogP contribution in [0.25, 0.3) is 11.0 Å². The van der Waals surface area contributed by atoms with Crippen LogP contribution < -0.4 is 0 Å². The fraction of sp³-hybridized carbons (Fsp3) is 0.111. The Kier molecular flexibility index (Phi) is 2.25. The predicted molar refractivity (Wildman–Crippen MR) is 55.5 cm³/mol. The van der Waals surface area contributed by atoms with Crippen molar-refractivity contribution in [3.05, 3.63) is 40.1 Å². The van der Waals surface area contributed by atoms with Gasteiger partial charge in [0.25, 0.3) is 5.69 Å². The number of nitro benzene ring substituents is 1. The Balaban J connectivity index is 2.73. The van der Waals surface area contributed by atoms with E-state index in [-0.39, 0.29) is 5.69 Å². The van der Waals surface area contributed by atoms with Crippen molar-refractivity contribution in [1.82, 2.24) is 0 Å². The number of nitro groups is 1. The lowest BCUT2D eigenvalue weighted by molar-refractivity contribution is -0.383. The molecule has 14 heavy (non-hydrogen) atoms. The van der Waals surface area contributed by atoms with Gasteiger partial charge in [0.1, 0.15) is 11.3 Å². The minimum absolute atomic E-state index is 0.0819. The van der Waals surface area contributed by atoms with Crippen molar-refractivity contribution in [2.45, 2.75) is 5.33 Å². The van der Waals surface area contributed by atoms with Gasteiger partial charge in [-0.05, 0) is 12.1 Å². The largest absolute Gasteiger partial charge is 0.460 e. The first-order valence-corrected chi connectivity index (χ1v) is 5.06. The zero-order chi connectivity index (χ0) is 10.1. The fourth-order valence-electron chi connectivity index (χ4n) is 1.32. The van der Waals surface area contributed by atoms with E-state index in [0.717, 1.165) is 0 Å². The minimum atomic E-state index is -0.407. The van der Waals surface area contributed by atoms with Crippen LogP contribution in [0.1, 0.15) is 5.76 Å². The van der Waals surface area contributed by atoms with E-state index < -0.39 is 4.92 Å². The van der Waals surface area contributed by atoms with Crippen molar-refractivity contribution < 1.29 is 9.34 Å². The molecule has 0 unspecified atom stereocenters. The SMILES string of the molecule is O=[N+]([O-])c1cccc2oc(CBr)cc12. The summed E-state index contributed by atoms with van der Waals surface area (Å²) in [6, 6.07) is 6.48. The monoisotopic (exact) mass is 255 g/mol. The molecule has 0 radical (unpaired) electrons. The van der Waals surface area contributed by atoms with Crippen LogP contribution >= 0.6 is 15.9 Å². The van der Waals surface area contributed by atoms with Gasteiger partial charge in [-0.15, -0.1) is 0 Å². The van der Waals surface area contributed by atoms with E-state index in [1.54, 1.807) is 18.2 Å². The molecule has 0 bridgehead atoms. The second-order valence-corrected chi connectivity index (χ2v) is 3.35. The lowest BCUT2D eigenvalue weighted by atomic mass is 10.2. The molecule has 0 saturated carbocycles. The molecule has 72 valence electrons. The van der Waals surface area contributed by atoms with Gasteiger partial charge in [-0.25, -0.2) is 0 Å². The number of fused-ring (bicyclic) bond motifs is 1. The summed E-state index contributed by atoms with van der Waals surface area (Å²) in [6.07, 6.45) is 0. The van der Waals surface area contributed by atoms with E-state index in [4.69, 9.17) is 4.42 Å². The van der Waals surface area contributed by atoms with Crippen LogP contribution in [-0.2, 0) is 5.33 Å². The average molecular weight is 256 g/mol. The fourth-order valence-corrected chi connectivity index (χ4v) is 1.60. The summed E-state index contributed by atoms with van der Waals surface area (Å²) in [7, 11) is 0. The summed E-state index contributed by atoms with van der Waals surface area (Å²) < 4.78 is 5.36. The quantitative estimate of drug-likeness (QED) is 0.470. The number of non-ortho nitro benzene ring substituents is 1. The predicted octanol–water partition coefficient (Wildman–Crippen LogP) is 3.24. The normalized spacial score (nSPS) is 10.6. The van der Waals surface area contributed by atoms with E-state index in [9.17, 15) is 10.1 Å². The molecule has 0 aliphatic heterocycles. The summed E-state index contributed by atoms with van der Waals surface area (Å²) in [6.45, 7) is 0. The molecule has 0 atom stereocenters. The van der Waals surface area contributed by atoms with Gasteiger partial charge in [0.15, 0.2) is 0 Å². The van der Waals surface area contributed by atoms with E-state index in [0.29, 0.717) is 22.1 Å². The molecule has 0 spiro atoms. The Hall–Kier alpha value is -1.36. The Labute approximate surface area is 87.8 Å². The molecule has 0 fully saturated rings. The maximum absolute atomic E-state index is 10.7. The van der Waals surface area contributed by atoms with Crippen LogP contribution in [0, 0.1) is 10.1 Å². The Morgan fingerprint density at radius 2 is 2.29 bits per heavy atom. The van der Waals surface area contributed by atoms with Crippen molar-refractivity contribution >= 4 is 32.6 Å². The topological polar surface area (TPSA) is 56.3 Å². The molecule has 1 aromatic heterocycles. The van der Waals surface area contributed by atoms with Crippen molar-refractivity contribution in [2.24, 2.45) is 0 Å². The van der Waals surface area contributed by atoms with E-state index in [2.05, 4.69) is 15.9 Å². The Bertz CT molecular complexity index is 492. The van der Waals surface area contributed by atoms with Crippen LogP contribution in [0.15, 0.2) is 28.7 Å². The highest BCUT2D eigenvalue weighted by Crippen LogP contribution is 2.28. The first-order chi connectivity index (χ1) is 6.72. The van der Waals surface area contributed by atoms with Gasteiger partial charge in [0.05, 0.1) is 15.6 Å². The van der Waals surface area contributed by atoms with Crippen LogP contribution in [0.3, 0.4) is 0 Å². The van der Waals surface area contributed by atoms with Gasteiger partial charge in [0.2, 0.25) is 0 Å². The Morgan fingerprint density at radius 3 is 2.93 bits per heavy atom. The van der Waals surface area contributed by atoms with Crippen LogP contribution in [0.4, 0.5) is 5.69 Å². The Morgan fingerprint density at radius 1 is 1.50 bits per heavy atom. The van der Waals surface area contributed by atoms with E-state index >= 15 is 0 Å². The van der Waals surface area contributed by atoms with Crippen LogP contribution in [0.5, 0.6) is 0 Å². The molecule has 4 nitrogen and oxygen atoms in total. The zero-order valence-electron chi connectivity index (χ0n) is 7.07. The highest BCUT2D eigenvalue weighted by Gasteiger charge is 2.14. The first-order valence-electron chi connectivity index (χ1n) is 3.94. The molecule has 0 N–H and O–H groups in total. The number of nitrogens with zero attached hydrogens (tertiary/aromatic N) is 1. The third kappa shape index (κ3) is 1.39. The number of hydrogen-bond donors (Lipinski definition) is 0.